The Kier molecular flexibility index (Phi) is 3.42. The highest BCUT2D eigenvalue weighted by atomic mass is 16.5. The number of hydrogen-bond donors (Lipinski definition) is 0. The highest BCUT2D eigenvalue weighted by molar-refractivity contribution is 5.34. The van der Waals surface area contributed by atoms with Crippen LogP contribution >= 0.6 is 0 Å². The molecule has 0 saturated heterocycles. The second-order valence-corrected chi connectivity index (χ2v) is 3.80. The first-order valence-corrected chi connectivity index (χ1v) is 5.48. The molecule has 2 rings (SSSR count). The van der Waals surface area contributed by atoms with E-state index in [4.69, 9.17) is 10.00 Å². The van der Waals surface area contributed by atoms with Crippen LogP contribution in [-0.2, 0) is 0 Å². The van der Waals surface area contributed by atoms with Gasteiger partial charge in [0.15, 0.2) is 0 Å². The van der Waals surface area contributed by atoms with E-state index < -0.39 is 6.10 Å². The first-order valence-electron chi connectivity index (χ1n) is 5.48. The van der Waals surface area contributed by atoms with Crippen molar-refractivity contribution in [2.75, 3.05) is 0 Å². The van der Waals surface area contributed by atoms with Crippen LogP contribution in [0, 0.1) is 18.3 Å². The molecule has 2 nitrogen and oxygen atoms in total. The van der Waals surface area contributed by atoms with Crippen molar-refractivity contribution in [1.29, 1.82) is 5.26 Å². The minimum absolute atomic E-state index is 0.558. The topological polar surface area (TPSA) is 33.0 Å². The molecule has 17 heavy (non-hydrogen) atoms. The third-order valence-electron chi connectivity index (χ3n) is 2.56. The second kappa shape index (κ2) is 5.18. The van der Waals surface area contributed by atoms with Crippen molar-refractivity contribution in [3.8, 4) is 11.8 Å². The predicted octanol–water partition coefficient (Wildman–Crippen LogP) is 3.64. The van der Waals surface area contributed by atoms with Gasteiger partial charge in [-0.25, -0.2) is 0 Å². The lowest BCUT2D eigenvalue weighted by molar-refractivity contribution is 0.260. The van der Waals surface area contributed by atoms with Crippen molar-refractivity contribution in [2.45, 2.75) is 13.0 Å². The number of benzene rings is 2. The molecule has 0 spiro atoms. The summed E-state index contributed by atoms with van der Waals surface area (Å²) in [5.41, 5.74) is 1.90. The third-order valence-corrected chi connectivity index (χ3v) is 2.56. The molecule has 0 aliphatic carbocycles. The van der Waals surface area contributed by atoms with E-state index in [2.05, 4.69) is 6.07 Å². The fourth-order valence-electron chi connectivity index (χ4n) is 1.61. The van der Waals surface area contributed by atoms with Crippen LogP contribution in [0.25, 0.3) is 0 Å². The van der Waals surface area contributed by atoms with Crippen molar-refractivity contribution in [1.82, 2.24) is 0 Å². The summed E-state index contributed by atoms with van der Waals surface area (Å²) in [5, 5.41) is 9.16. The van der Waals surface area contributed by atoms with Gasteiger partial charge < -0.3 is 4.74 Å². The van der Waals surface area contributed by atoms with E-state index in [1.165, 1.54) is 0 Å². The molecule has 0 aliphatic heterocycles. The number of para-hydroxylation sites is 1. The maximum absolute atomic E-state index is 9.16. The van der Waals surface area contributed by atoms with E-state index >= 15 is 0 Å². The normalized spacial score (nSPS) is 11.5. The van der Waals surface area contributed by atoms with E-state index in [1.54, 1.807) is 0 Å². The van der Waals surface area contributed by atoms with E-state index in [9.17, 15) is 0 Å². The average Bonchev–Trinajstić information content (AvgIpc) is 2.39. The van der Waals surface area contributed by atoms with Gasteiger partial charge in [0.1, 0.15) is 11.8 Å². The fraction of sp³-hybridized carbons (Fsp3) is 0.133. The molecule has 0 aromatic heterocycles. The molecule has 84 valence electrons. The molecular weight excluding hydrogens is 210 g/mol. The van der Waals surface area contributed by atoms with Gasteiger partial charge in [0, 0.05) is 5.56 Å². The molecule has 0 radical (unpaired) electrons. The monoisotopic (exact) mass is 223 g/mol. The minimum Gasteiger partial charge on any atom is -0.470 e. The number of ether oxygens (including phenoxy) is 1. The Hall–Kier alpha value is -2.27. The van der Waals surface area contributed by atoms with Gasteiger partial charge in [-0.05, 0) is 18.6 Å². The molecule has 1 atom stereocenters. The Balaban J connectivity index is 2.23. The van der Waals surface area contributed by atoms with Crippen LogP contribution < -0.4 is 4.74 Å². The summed E-state index contributed by atoms with van der Waals surface area (Å²) in [7, 11) is 0. The Labute approximate surface area is 101 Å². The smallest absolute Gasteiger partial charge is 0.209 e. The quantitative estimate of drug-likeness (QED) is 0.795. The van der Waals surface area contributed by atoms with Gasteiger partial charge in [-0.1, -0.05) is 48.5 Å². The molecule has 0 unspecified atom stereocenters. The van der Waals surface area contributed by atoms with Crippen LogP contribution in [0.15, 0.2) is 54.6 Å². The largest absolute Gasteiger partial charge is 0.470 e. The van der Waals surface area contributed by atoms with Gasteiger partial charge in [-0.2, -0.15) is 5.26 Å². The van der Waals surface area contributed by atoms with Gasteiger partial charge in [-0.3, -0.25) is 0 Å². The SMILES string of the molecule is Cc1ccccc1O[C@@H](C#N)c1ccccc1. The summed E-state index contributed by atoms with van der Waals surface area (Å²) >= 11 is 0. The summed E-state index contributed by atoms with van der Waals surface area (Å²) in [4.78, 5) is 0. The van der Waals surface area contributed by atoms with Crippen LogP contribution in [0.4, 0.5) is 0 Å². The van der Waals surface area contributed by atoms with Crippen LogP contribution in [0.3, 0.4) is 0 Å². The van der Waals surface area contributed by atoms with Crippen LogP contribution in [0.2, 0.25) is 0 Å². The standard InChI is InChI=1S/C15H13NO/c1-12-7-5-6-10-14(12)17-15(11-16)13-8-3-2-4-9-13/h2-10,15H,1H3/t15-/m0/s1. The molecule has 0 aliphatic rings. The number of aryl methyl sites for hydroxylation is 1. The van der Waals surface area contributed by atoms with Crippen molar-refractivity contribution < 1.29 is 4.74 Å². The Bertz CT molecular complexity index is 528. The molecule has 0 saturated carbocycles. The van der Waals surface area contributed by atoms with E-state index in [-0.39, 0.29) is 0 Å². The van der Waals surface area contributed by atoms with Crippen LogP contribution in [0.5, 0.6) is 5.75 Å². The number of hydrogen-bond acceptors (Lipinski definition) is 2. The van der Waals surface area contributed by atoms with Crippen molar-refractivity contribution in [2.24, 2.45) is 0 Å². The third kappa shape index (κ3) is 2.64. The lowest BCUT2D eigenvalue weighted by atomic mass is 10.1. The number of nitriles is 1. The zero-order valence-corrected chi connectivity index (χ0v) is 9.63. The summed E-state index contributed by atoms with van der Waals surface area (Å²) in [5.74, 6) is 0.753. The van der Waals surface area contributed by atoms with Gasteiger partial charge in [-0.15, -0.1) is 0 Å². The van der Waals surface area contributed by atoms with E-state index in [1.807, 2.05) is 61.5 Å². The fourth-order valence-corrected chi connectivity index (χ4v) is 1.61. The summed E-state index contributed by atoms with van der Waals surface area (Å²) < 4.78 is 5.72. The summed E-state index contributed by atoms with van der Waals surface area (Å²) in [6.45, 7) is 1.97. The molecule has 0 bridgehead atoms. The highest BCUT2D eigenvalue weighted by Crippen LogP contribution is 2.24. The second-order valence-electron chi connectivity index (χ2n) is 3.80. The first-order chi connectivity index (χ1) is 8.31. The minimum atomic E-state index is -0.558. The summed E-state index contributed by atoms with van der Waals surface area (Å²) in [6.07, 6.45) is -0.558. The molecule has 0 heterocycles. The number of nitrogens with zero attached hydrogens (tertiary/aromatic N) is 1. The molecular formula is C15H13NO. The average molecular weight is 223 g/mol. The van der Waals surface area contributed by atoms with Crippen LogP contribution in [-0.4, -0.2) is 0 Å². The zero-order valence-electron chi connectivity index (χ0n) is 9.63. The molecule has 2 aromatic carbocycles. The molecule has 2 heteroatoms. The Morgan fingerprint density at radius 2 is 1.65 bits per heavy atom. The van der Waals surface area contributed by atoms with Gasteiger partial charge in [0.05, 0.1) is 0 Å². The van der Waals surface area contributed by atoms with Crippen molar-refractivity contribution in [3.63, 3.8) is 0 Å². The first kappa shape index (κ1) is 11.2. The van der Waals surface area contributed by atoms with Crippen molar-refractivity contribution in [3.05, 3.63) is 65.7 Å². The summed E-state index contributed by atoms with van der Waals surface area (Å²) in [6, 6.07) is 19.4. The Morgan fingerprint density at radius 1 is 1.00 bits per heavy atom. The molecule has 0 fully saturated rings. The van der Waals surface area contributed by atoms with Crippen LogP contribution in [0.1, 0.15) is 17.2 Å². The van der Waals surface area contributed by atoms with Gasteiger partial charge in [0.2, 0.25) is 6.10 Å². The van der Waals surface area contributed by atoms with E-state index in [0.717, 1.165) is 16.9 Å². The van der Waals surface area contributed by atoms with Gasteiger partial charge in [0.25, 0.3) is 0 Å². The van der Waals surface area contributed by atoms with E-state index in [0.29, 0.717) is 0 Å². The predicted molar refractivity (Wildman–Crippen MR) is 66.6 cm³/mol. The zero-order chi connectivity index (χ0) is 12.1. The lowest BCUT2D eigenvalue weighted by Crippen LogP contribution is -2.05. The lowest BCUT2D eigenvalue weighted by Gasteiger charge is -2.14. The van der Waals surface area contributed by atoms with Crippen molar-refractivity contribution >= 4 is 0 Å². The molecule has 2 aromatic rings. The Morgan fingerprint density at radius 3 is 2.29 bits per heavy atom. The maximum atomic E-state index is 9.16. The highest BCUT2D eigenvalue weighted by Gasteiger charge is 2.12. The number of rotatable bonds is 3. The molecule has 0 N–H and O–H groups in total. The maximum Gasteiger partial charge on any atom is 0.209 e. The molecule has 0 amide bonds. The van der Waals surface area contributed by atoms with Gasteiger partial charge >= 0.3 is 0 Å².